The Bertz CT molecular complexity index is 664. The number of hydrogen-bond acceptors (Lipinski definition) is 3. The number of rotatable bonds is 5. The molecule has 0 atom stereocenters. The van der Waals surface area contributed by atoms with Crippen LogP contribution in [0.3, 0.4) is 0 Å². The lowest BCUT2D eigenvalue weighted by atomic mass is 10.0. The van der Waals surface area contributed by atoms with Crippen molar-refractivity contribution in [3.8, 4) is 11.3 Å². The van der Waals surface area contributed by atoms with Crippen molar-refractivity contribution in [1.29, 1.82) is 0 Å². The van der Waals surface area contributed by atoms with E-state index in [1.807, 2.05) is 12.1 Å². The predicted molar refractivity (Wildman–Crippen MR) is 81.3 cm³/mol. The lowest BCUT2D eigenvalue weighted by molar-refractivity contribution is 0.609. The lowest BCUT2D eigenvalue weighted by Gasteiger charge is -2.04. The maximum Gasteiger partial charge on any atom is 0.262 e. The van der Waals surface area contributed by atoms with Crippen LogP contribution in [0.15, 0.2) is 47.5 Å². The van der Waals surface area contributed by atoms with Gasteiger partial charge in [0.05, 0.1) is 5.69 Å². The number of hydrogen-bond donors (Lipinski definition) is 0. The molecular weight excluding hydrogens is 294 g/mol. The number of aromatic nitrogens is 1. The number of benzene rings is 1. The van der Waals surface area contributed by atoms with Crippen LogP contribution < -0.4 is 0 Å². The van der Waals surface area contributed by atoms with Gasteiger partial charge in [-0.05, 0) is 30.5 Å². The van der Waals surface area contributed by atoms with E-state index in [0.717, 1.165) is 17.7 Å². The fraction of sp³-hybridized carbons (Fsp3) is 0.267. The highest BCUT2D eigenvalue weighted by atomic mass is 35.7. The van der Waals surface area contributed by atoms with E-state index in [2.05, 4.69) is 24.0 Å². The second kappa shape index (κ2) is 6.37. The maximum atomic E-state index is 11.2. The molecule has 1 aromatic heterocycles. The van der Waals surface area contributed by atoms with Gasteiger partial charge in [0.15, 0.2) is 0 Å². The summed E-state index contributed by atoms with van der Waals surface area (Å²) in [6, 6.07) is 11.3. The van der Waals surface area contributed by atoms with E-state index in [4.69, 9.17) is 10.7 Å². The van der Waals surface area contributed by atoms with Crippen LogP contribution in [-0.2, 0) is 15.5 Å². The highest BCUT2D eigenvalue weighted by molar-refractivity contribution is 8.13. The standard InChI is InChI=1S/C15H16ClNO2S/c1-2-3-4-12-5-7-13(8-6-12)15-10-9-14(11-17-15)20(16,18)19/h5-11H,2-4H2,1H3. The molecule has 0 amide bonds. The first-order valence-electron chi connectivity index (χ1n) is 6.50. The van der Waals surface area contributed by atoms with Gasteiger partial charge in [-0.25, -0.2) is 8.42 Å². The van der Waals surface area contributed by atoms with Gasteiger partial charge in [-0.15, -0.1) is 0 Å². The van der Waals surface area contributed by atoms with Crippen LogP contribution in [0.4, 0.5) is 0 Å². The van der Waals surface area contributed by atoms with Crippen molar-refractivity contribution in [1.82, 2.24) is 4.98 Å². The Morgan fingerprint density at radius 3 is 2.30 bits per heavy atom. The van der Waals surface area contributed by atoms with Crippen molar-refractivity contribution in [3.05, 3.63) is 48.2 Å². The average molecular weight is 310 g/mol. The van der Waals surface area contributed by atoms with Gasteiger partial charge in [-0.2, -0.15) is 0 Å². The maximum absolute atomic E-state index is 11.2. The van der Waals surface area contributed by atoms with Crippen molar-refractivity contribution in [3.63, 3.8) is 0 Å². The van der Waals surface area contributed by atoms with Gasteiger partial charge in [0, 0.05) is 22.4 Å². The first-order chi connectivity index (χ1) is 9.50. The molecule has 0 aliphatic heterocycles. The summed E-state index contributed by atoms with van der Waals surface area (Å²) in [4.78, 5) is 4.16. The average Bonchev–Trinajstić information content (AvgIpc) is 2.45. The first kappa shape index (κ1) is 15.0. The first-order valence-corrected chi connectivity index (χ1v) is 8.81. The molecule has 2 aromatic rings. The molecule has 0 saturated carbocycles. The third-order valence-electron chi connectivity index (χ3n) is 3.09. The molecule has 1 aromatic carbocycles. The minimum Gasteiger partial charge on any atom is -0.255 e. The third kappa shape index (κ3) is 3.81. The van der Waals surface area contributed by atoms with Gasteiger partial charge in [-0.3, -0.25) is 4.98 Å². The minimum absolute atomic E-state index is 0.0162. The molecule has 0 spiro atoms. The van der Waals surface area contributed by atoms with Crippen LogP contribution in [0.2, 0.25) is 0 Å². The van der Waals surface area contributed by atoms with Gasteiger partial charge in [0.1, 0.15) is 4.90 Å². The van der Waals surface area contributed by atoms with Crippen molar-refractivity contribution >= 4 is 19.7 Å². The summed E-state index contributed by atoms with van der Waals surface area (Å²) in [6.45, 7) is 2.17. The Hall–Kier alpha value is -1.39. The third-order valence-corrected chi connectivity index (χ3v) is 4.43. The van der Waals surface area contributed by atoms with Gasteiger partial charge in [0.25, 0.3) is 9.05 Å². The van der Waals surface area contributed by atoms with Crippen LogP contribution in [-0.4, -0.2) is 13.4 Å². The quantitative estimate of drug-likeness (QED) is 0.784. The summed E-state index contributed by atoms with van der Waals surface area (Å²) in [5.41, 5.74) is 3.00. The predicted octanol–water partition coefficient (Wildman–Crippen LogP) is 4.02. The Kier molecular flexibility index (Phi) is 4.78. The lowest BCUT2D eigenvalue weighted by Crippen LogP contribution is -1.93. The van der Waals surface area contributed by atoms with Crippen LogP contribution in [0.25, 0.3) is 11.3 Å². The fourth-order valence-corrected chi connectivity index (χ4v) is 2.60. The van der Waals surface area contributed by atoms with Crippen molar-refractivity contribution < 1.29 is 8.42 Å². The second-order valence-electron chi connectivity index (χ2n) is 4.62. The molecule has 0 radical (unpaired) electrons. The summed E-state index contributed by atoms with van der Waals surface area (Å²) in [7, 11) is 1.55. The molecule has 1 heterocycles. The van der Waals surface area contributed by atoms with E-state index in [1.54, 1.807) is 6.07 Å². The van der Waals surface area contributed by atoms with Crippen LogP contribution in [0.1, 0.15) is 25.3 Å². The summed E-state index contributed by atoms with van der Waals surface area (Å²) in [5.74, 6) is 0. The van der Waals surface area contributed by atoms with E-state index in [9.17, 15) is 8.42 Å². The molecule has 5 heteroatoms. The van der Waals surface area contributed by atoms with E-state index >= 15 is 0 Å². The zero-order valence-corrected chi connectivity index (χ0v) is 12.8. The molecule has 2 rings (SSSR count). The van der Waals surface area contributed by atoms with Crippen LogP contribution >= 0.6 is 10.7 Å². The Balaban J connectivity index is 2.19. The van der Waals surface area contributed by atoms with Crippen LogP contribution in [0, 0.1) is 0 Å². The SMILES string of the molecule is CCCCc1ccc(-c2ccc(S(=O)(=O)Cl)cn2)cc1. The van der Waals surface area contributed by atoms with E-state index < -0.39 is 9.05 Å². The van der Waals surface area contributed by atoms with Gasteiger partial charge in [-0.1, -0.05) is 37.6 Å². The molecule has 0 aliphatic rings. The molecule has 20 heavy (non-hydrogen) atoms. The number of pyridine rings is 1. The molecule has 0 fully saturated rings. The molecular formula is C15H16ClNO2S. The van der Waals surface area contributed by atoms with E-state index in [1.165, 1.54) is 30.7 Å². The summed E-state index contributed by atoms with van der Waals surface area (Å²) >= 11 is 0. The highest BCUT2D eigenvalue weighted by Crippen LogP contribution is 2.21. The van der Waals surface area contributed by atoms with Gasteiger partial charge >= 0.3 is 0 Å². The van der Waals surface area contributed by atoms with Gasteiger partial charge < -0.3 is 0 Å². The minimum atomic E-state index is -3.71. The number of nitrogens with zero attached hydrogens (tertiary/aromatic N) is 1. The normalized spacial score (nSPS) is 11.5. The largest absolute Gasteiger partial charge is 0.262 e. The Morgan fingerprint density at radius 2 is 1.80 bits per heavy atom. The molecule has 0 N–H and O–H groups in total. The fourth-order valence-electron chi connectivity index (χ4n) is 1.92. The number of unbranched alkanes of at least 4 members (excludes halogenated alkanes) is 1. The summed E-state index contributed by atoms with van der Waals surface area (Å²) in [6.07, 6.45) is 4.72. The monoisotopic (exact) mass is 309 g/mol. The van der Waals surface area contributed by atoms with Gasteiger partial charge in [0.2, 0.25) is 0 Å². The highest BCUT2D eigenvalue weighted by Gasteiger charge is 2.10. The number of halogens is 1. The van der Waals surface area contributed by atoms with Crippen molar-refractivity contribution in [2.24, 2.45) is 0 Å². The molecule has 0 bridgehead atoms. The molecule has 0 unspecified atom stereocenters. The molecule has 0 aliphatic carbocycles. The van der Waals surface area contributed by atoms with E-state index in [0.29, 0.717) is 0 Å². The summed E-state index contributed by atoms with van der Waals surface area (Å²) in [5, 5.41) is 0. The van der Waals surface area contributed by atoms with Crippen LogP contribution in [0.5, 0.6) is 0 Å². The topological polar surface area (TPSA) is 47.0 Å². The molecule has 3 nitrogen and oxygen atoms in total. The number of aryl methyl sites for hydroxylation is 1. The Labute approximate surface area is 124 Å². The van der Waals surface area contributed by atoms with Crippen molar-refractivity contribution in [2.45, 2.75) is 31.1 Å². The molecule has 106 valence electrons. The zero-order chi connectivity index (χ0) is 14.6. The second-order valence-corrected chi connectivity index (χ2v) is 7.18. The van der Waals surface area contributed by atoms with E-state index in [-0.39, 0.29) is 4.90 Å². The smallest absolute Gasteiger partial charge is 0.255 e. The zero-order valence-electron chi connectivity index (χ0n) is 11.2. The molecule has 0 saturated heterocycles. The Morgan fingerprint density at radius 1 is 1.10 bits per heavy atom. The van der Waals surface area contributed by atoms with Crippen molar-refractivity contribution in [2.75, 3.05) is 0 Å². The summed E-state index contributed by atoms with van der Waals surface area (Å²) < 4.78 is 22.3.